The number of rotatable bonds is 6. The van der Waals surface area contributed by atoms with Gasteiger partial charge in [-0.1, -0.05) is 31.0 Å². The molecule has 28 heavy (non-hydrogen) atoms. The Morgan fingerprint density at radius 3 is 2.57 bits per heavy atom. The van der Waals surface area contributed by atoms with Crippen LogP contribution in [0.2, 0.25) is 0 Å². The zero-order valence-corrected chi connectivity index (χ0v) is 17.3. The second kappa shape index (κ2) is 8.65. The van der Waals surface area contributed by atoms with Crippen LogP contribution in [0.3, 0.4) is 0 Å². The van der Waals surface area contributed by atoms with E-state index in [1.165, 1.54) is 11.8 Å². The van der Waals surface area contributed by atoms with E-state index in [2.05, 4.69) is 16.3 Å². The van der Waals surface area contributed by atoms with Gasteiger partial charge in [0.1, 0.15) is 11.3 Å². The molecule has 0 radical (unpaired) electrons. The van der Waals surface area contributed by atoms with Gasteiger partial charge >= 0.3 is 0 Å². The molecule has 1 heterocycles. The third kappa shape index (κ3) is 3.99. The number of thioether (sulfide) groups is 1. The summed E-state index contributed by atoms with van der Waals surface area (Å²) in [5.74, 6) is 1.69. The summed E-state index contributed by atoms with van der Waals surface area (Å²) in [6.07, 6.45) is 4.62. The van der Waals surface area contributed by atoms with Crippen molar-refractivity contribution in [3.8, 4) is 23.2 Å². The molecule has 1 fully saturated rings. The topological polar surface area (TPSA) is 84.0 Å². The van der Waals surface area contributed by atoms with Gasteiger partial charge in [0, 0.05) is 19.7 Å². The largest absolute Gasteiger partial charge is 0.497 e. The van der Waals surface area contributed by atoms with E-state index in [1.807, 2.05) is 35.9 Å². The van der Waals surface area contributed by atoms with Crippen LogP contribution in [-0.4, -0.2) is 51.0 Å². The third-order valence-corrected chi connectivity index (χ3v) is 6.42. The van der Waals surface area contributed by atoms with Gasteiger partial charge in [0.15, 0.2) is 11.0 Å². The van der Waals surface area contributed by atoms with Gasteiger partial charge in [-0.15, -0.1) is 10.2 Å². The molecule has 8 heteroatoms. The van der Waals surface area contributed by atoms with E-state index in [9.17, 15) is 10.1 Å². The van der Waals surface area contributed by atoms with Crippen molar-refractivity contribution in [1.29, 1.82) is 5.26 Å². The molecular weight excluding hydrogens is 374 g/mol. The Morgan fingerprint density at radius 2 is 1.96 bits per heavy atom. The predicted molar refractivity (Wildman–Crippen MR) is 108 cm³/mol. The minimum absolute atomic E-state index is 0.0533. The van der Waals surface area contributed by atoms with Gasteiger partial charge in [0.05, 0.1) is 18.9 Å². The van der Waals surface area contributed by atoms with Crippen LogP contribution < -0.4 is 4.74 Å². The minimum atomic E-state index is -0.663. The molecule has 1 aromatic heterocycles. The van der Waals surface area contributed by atoms with E-state index in [-0.39, 0.29) is 11.7 Å². The highest BCUT2D eigenvalue weighted by Crippen LogP contribution is 2.33. The predicted octanol–water partition coefficient (Wildman–Crippen LogP) is 3.27. The molecule has 1 aromatic carbocycles. The van der Waals surface area contributed by atoms with E-state index < -0.39 is 5.54 Å². The smallest absolute Gasteiger partial charge is 0.234 e. The Labute approximate surface area is 169 Å². The minimum Gasteiger partial charge on any atom is -0.497 e. The Morgan fingerprint density at radius 1 is 1.29 bits per heavy atom. The Kier molecular flexibility index (Phi) is 6.25. The zero-order valence-electron chi connectivity index (χ0n) is 16.5. The van der Waals surface area contributed by atoms with Crippen molar-refractivity contribution in [1.82, 2.24) is 19.7 Å². The highest BCUT2D eigenvalue weighted by atomic mass is 32.2. The molecule has 1 aliphatic carbocycles. The summed E-state index contributed by atoms with van der Waals surface area (Å²) in [7, 11) is 5.26. The lowest BCUT2D eigenvalue weighted by Crippen LogP contribution is -2.50. The van der Waals surface area contributed by atoms with E-state index in [0.29, 0.717) is 5.16 Å². The summed E-state index contributed by atoms with van der Waals surface area (Å²) in [5.41, 5.74) is 0.265. The molecule has 1 saturated carbocycles. The number of carbonyl (C=O) groups excluding carboxylic acids is 1. The monoisotopic (exact) mass is 399 g/mol. The summed E-state index contributed by atoms with van der Waals surface area (Å²) >= 11 is 1.34. The van der Waals surface area contributed by atoms with Crippen LogP contribution in [0, 0.1) is 11.3 Å². The fraction of sp³-hybridized carbons (Fsp3) is 0.500. The molecule has 7 nitrogen and oxygen atoms in total. The molecule has 1 amide bonds. The second-order valence-corrected chi connectivity index (χ2v) is 7.98. The molecule has 1 aliphatic rings. The third-order valence-electron chi connectivity index (χ3n) is 5.41. The maximum atomic E-state index is 12.7. The van der Waals surface area contributed by atoms with Crippen LogP contribution in [0.5, 0.6) is 5.75 Å². The van der Waals surface area contributed by atoms with Gasteiger partial charge in [-0.3, -0.25) is 4.79 Å². The van der Waals surface area contributed by atoms with Crippen LogP contribution >= 0.6 is 11.8 Å². The summed E-state index contributed by atoms with van der Waals surface area (Å²) in [5, 5.41) is 18.8. The fourth-order valence-corrected chi connectivity index (χ4v) is 4.38. The average molecular weight is 400 g/mol. The van der Waals surface area contributed by atoms with E-state index in [1.54, 1.807) is 19.1 Å². The lowest BCUT2D eigenvalue weighted by molar-refractivity contribution is -0.131. The van der Waals surface area contributed by atoms with Crippen molar-refractivity contribution < 1.29 is 9.53 Å². The Hall–Kier alpha value is -2.53. The first kappa shape index (κ1) is 20.2. The first-order valence-electron chi connectivity index (χ1n) is 9.35. The molecule has 3 rings (SSSR count). The number of hydrogen-bond acceptors (Lipinski definition) is 6. The fourth-order valence-electron chi connectivity index (χ4n) is 3.55. The number of carbonyl (C=O) groups is 1. The molecule has 0 aliphatic heterocycles. The van der Waals surface area contributed by atoms with E-state index in [4.69, 9.17) is 4.74 Å². The zero-order chi connectivity index (χ0) is 20.1. The highest BCUT2D eigenvalue weighted by molar-refractivity contribution is 7.99. The molecule has 0 atom stereocenters. The summed E-state index contributed by atoms with van der Waals surface area (Å²) < 4.78 is 7.06. The number of ether oxygens (including phenoxy) is 1. The quantitative estimate of drug-likeness (QED) is 0.693. The van der Waals surface area contributed by atoms with Gasteiger partial charge < -0.3 is 14.2 Å². The average Bonchev–Trinajstić information content (AvgIpc) is 3.12. The molecule has 0 spiro atoms. The molecule has 0 unspecified atom stereocenters. The number of nitrogens with zero attached hydrogens (tertiary/aromatic N) is 5. The second-order valence-electron chi connectivity index (χ2n) is 7.04. The molecule has 2 aromatic rings. The SMILES string of the molecule is COc1ccc(-c2nnc(SCC(=O)N(C)C3(C#N)CCCCC3)n2C)cc1. The normalized spacial score (nSPS) is 15.6. The standard InChI is InChI=1S/C20H25N5O2S/c1-24-18(15-7-9-16(27-3)10-8-15)22-23-19(24)28-13-17(26)25(2)20(14-21)11-5-4-6-12-20/h7-10H,4-6,11-13H2,1-3H3. The molecular formula is C20H25N5O2S. The van der Waals surface area contributed by atoms with Gasteiger partial charge in [-0.2, -0.15) is 5.26 Å². The summed E-state index contributed by atoms with van der Waals surface area (Å²) in [4.78, 5) is 14.4. The van der Waals surface area contributed by atoms with Crippen molar-refractivity contribution in [3.63, 3.8) is 0 Å². The van der Waals surface area contributed by atoms with Crippen molar-refractivity contribution in [2.45, 2.75) is 42.8 Å². The summed E-state index contributed by atoms with van der Waals surface area (Å²) in [6.45, 7) is 0. The van der Waals surface area contributed by atoms with Gasteiger partial charge in [0.25, 0.3) is 0 Å². The van der Waals surface area contributed by atoms with Crippen LogP contribution in [0.15, 0.2) is 29.4 Å². The van der Waals surface area contributed by atoms with Crippen molar-refractivity contribution >= 4 is 17.7 Å². The molecule has 0 saturated heterocycles. The van der Waals surface area contributed by atoms with Gasteiger partial charge in [-0.25, -0.2) is 0 Å². The number of amides is 1. The lowest BCUT2D eigenvalue weighted by atomic mass is 9.81. The number of nitriles is 1. The first-order valence-corrected chi connectivity index (χ1v) is 10.3. The number of methoxy groups -OCH3 is 1. The number of hydrogen-bond donors (Lipinski definition) is 0. The molecule has 148 valence electrons. The molecule has 0 bridgehead atoms. The van der Waals surface area contributed by atoms with Crippen molar-refractivity contribution in [2.24, 2.45) is 7.05 Å². The van der Waals surface area contributed by atoms with Gasteiger partial charge in [-0.05, 0) is 37.1 Å². The van der Waals surface area contributed by atoms with Crippen molar-refractivity contribution in [2.75, 3.05) is 19.9 Å². The number of benzene rings is 1. The maximum absolute atomic E-state index is 12.7. The Balaban J connectivity index is 1.67. The van der Waals surface area contributed by atoms with Crippen LogP contribution in [-0.2, 0) is 11.8 Å². The van der Waals surface area contributed by atoms with Crippen molar-refractivity contribution in [3.05, 3.63) is 24.3 Å². The first-order chi connectivity index (χ1) is 13.5. The van der Waals surface area contributed by atoms with E-state index in [0.717, 1.165) is 49.2 Å². The number of aromatic nitrogens is 3. The highest BCUT2D eigenvalue weighted by Gasteiger charge is 2.38. The van der Waals surface area contributed by atoms with Crippen LogP contribution in [0.4, 0.5) is 0 Å². The maximum Gasteiger partial charge on any atom is 0.234 e. The lowest BCUT2D eigenvalue weighted by Gasteiger charge is -2.39. The Bertz CT molecular complexity index is 866. The van der Waals surface area contributed by atoms with Crippen LogP contribution in [0.1, 0.15) is 32.1 Å². The van der Waals surface area contributed by atoms with Crippen LogP contribution in [0.25, 0.3) is 11.4 Å². The summed E-state index contributed by atoms with van der Waals surface area (Å²) in [6, 6.07) is 10.00. The van der Waals surface area contributed by atoms with E-state index >= 15 is 0 Å². The van der Waals surface area contributed by atoms with Gasteiger partial charge in [0.2, 0.25) is 5.91 Å². The molecule has 0 N–H and O–H groups in total.